The van der Waals surface area contributed by atoms with Gasteiger partial charge in [-0.3, -0.25) is 4.79 Å². The number of nitrogens with two attached hydrogens (primary N) is 1. The van der Waals surface area contributed by atoms with E-state index < -0.39 is 0 Å². The Morgan fingerprint density at radius 1 is 1.35 bits per heavy atom. The Hall–Kier alpha value is -1.81. The van der Waals surface area contributed by atoms with Gasteiger partial charge in [-0.2, -0.15) is 0 Å². The van der Waals surface area contributed by atoms with E-state index in [1.54, 1.807) is 6.07 Å². The van der Waals surface area contributed by atoms with E-state index in [-0.39, 0.29) is 11.5 Å². The van der Waals surface area contributed by atoms with Gasteiger partial charge in [0.05, 0.1) is 6.10 Å². The number of rotatable bonds is 3. The summed E-state index contributed by atoms with van der Waals surface area (Å²) in [6.45, 7) is 4.23. The van der Waals surface area contributed by atoms with Crippen LogP contribution in [0.5, 0.6) is 5.75 Å². The van der Waals surface area contributed by atoms with Gasteiger partial charge in [0.2, 0.25) is 0 Å². The van der Waals surface area contributed by atoms with E-state index in [2.05, 4.69) is 4.98 Å². The average Bonchev–Trinajstić information content (AvgIpc) is 2.29. The molecule has 0 saturated heterocycles. The topological polar surface area (TPSA) is 68.1 Å². The molecule has 2 aromatic rings. The Balaban J connectivity index is 2.55. The molecular weight excluding hydrogens is 216 g/mol. The van der Waals surface area contributed by atoms with Crippen molar-refractivity contribution in [2.75, 3.05) is 0 Å². The molecule has 4 heteroatoms. The second-order valence-electron chi connectivity index (χ2n) is 4.24. The molecule has 0 radical (unpaired) electrons. The summed E-state index contributed by atoms with van der Waals surface area (Å²) in [5.74, 6) is 0.707. The number of fused-ring (bicyclic) bond motifs is 1. The van der Waals surface area contributed by atoms with Crippen LogP contribution in [0.15, 0.2) is 29.1 Å². The zero-order chi connectivity index (χ0) is 12.4. The van der Waals surface area contributed by atoms with Gasteiger partial charge in [0.25, 0.3) is 0 Å². The highest BCUT2D eigenvalue weighted by molar-refractivity contribution is 5.80. The van der Waals surface area contributed by atoms with Crippen molar-refractivity contribution in [3.8, 4) is 5.75 Å². The van der Waals surface area contributed by atoms with Crippen molar-refractivity contribution in [1.82, 2.24) is 4.98 Å². The molecule has 0 aliphatic heterocycles. The van der Waals surface area contributed by atoms with E-state index in [0.717, 1.165) is 11.2 Å². The minimum atomic E-state index is -0.0339. The van der Waals surface area contributed by atoms with Crippen LogP contribution < -0.4 is 15.9 Å². The molecule has 90 valence electrons. The molecule has 3 N–H and O–H groups in total. The number of aromatic nitrogens is 1. The monoisotopic (exact) mass is 232 g/mol. The van der Waals surface area contributed by atoms with Gasteiger partial charge >= 0.3 is 0 Å². The molecular formula is C13H16N2O2. The Kier molecular flexibility index (Phi) is 3.15. The highest BCUT2D eigenvalue weighted by Crippen LogP contribution is 2.18. The van der Waals surface area contributed by atoms with Crippen molar-refractivity contribution in [2.24, 2.45) is 5.73 Å². The summed E-state index contributed by atoms with van der Waals surface area (Å²) < 4.78 is 5.56. The predicted octanol–water partition coefficient (Wildman–Crippen LogP) is 1.77. The van der Waals surface area contributed by atoms with E-state index in [1.165, 1.54) is 6.07 Å². The van der Waals surface area contributed by atoms with Gasteiger partial charge in [-0.15, -0.1) is 0 Å². The summed E-state index contributed by atoms with van der Waals surface area (Å²) in [5.41, 5.74) is 7.00. The molecule has 0 spiro atoms. The first-order chi connectivity index (χ1) is 8.10. The van der Waals surface area contributed by atoms with Gasteiger partial charge < -0.3 is 15.5 Å². The van der Waals surface area contributed by atoms with E-state index >= 15 is 0 Å². The highest BCUT2D eigenvalue weighted by atomic mass is 16.5. The van der Waals surface area contributed by atoms with Crippen molar-refractivity contribution in [2.45, 2.75) is 26.5 Å². The van der Waals surface area contributed by atoms with Crippen LogP contribution in [-0.2, 0) is 6.54 Å². The fraction of sp³-hybridized carbons (Fsp3) is 0.308. The number of nitrogens with one attached hydrogen (secondary N) is 1. The maximum Gasteiger partial charge on any atom is 0.189 e. The first kappa shape index (κ1) is 11.7. The minimum absolute atomic E-state index is 0.0339. The molecule has 0 amide bonds. The lowest BCUT2D eigenvalue weighted by molar-refractivity contribution is 0.243. The molecule has 1 aromatic heterocycles. The van der Waals surface area contributed by atoms with Gasteiger partial charge in [-0.25, -0.2) is 0 Å². The Morgan fingerprint density at radius 2 is 2.12 bits per heavy atom. The molecule has 2 rings (SSSR count). The fourth-order valence-corrected chi connectivity index (χ4v) is 1.74. The third-order valence-corrected chi connectivity index (χ3v) is 2.45. The number of ether oxygens (including phenoxy) is 1. The minimum Gasteiger partial charge on any atom is -0.491 e. The van der Waals surface area contributed by atoms with E-state index in [0.29, 0.717) is 17.7 Å². The summed E-state index contributed by atoms with van der Waals surface area (Å²) >= 11 is 0. The highest BCUT2D eigenvalue weighted by Gasteiger charge is 2.04. The molecule has 1 aromatic carbocycles. The molecule has 17 heavy (non-hydrogen) atoms. The van der Waals surface area contributed by atoms with Crippen molar-refractivity contribution in [3.05, 3.63) is 40.2 Å². The predicted molar refractivity (Wildman–Crippen MR) is 68.2 cm³/mol. The van der Waals surface area contributed by atoms with Crippen LogP contribution in [0, 0.1) is 0 Å². The van der Waals surface area contributed by atoms with Crippen LogP contribution in [0.1, 0.15) is 19.5 Å². The number of benzene rings is 1. The molecule has 0 aliphatic rings. The van der Waals surface area contributed by atoms with Crippen LogP contribution >= 0.6 is 0 Å². The smallest absolute Gasteiger partial charge is 0.189 e. The SMILES string of the molecule is CC(C)Oc1ccc2[nH]c(CN)cc(=O)c2c1. The van der Waals surface area contributed by atoms with Crippen molar-refractivity contribution in [1.29, 1.82) is 0 Å². The van der Waals surface area contributed by atoms with Gasteiger partial charge in [-0.1, -0.05) is 0 Å². The third-order valence-electron chi connectivity index (χ3n) is 2.45. The third kappa shape index (κ3) is 2.47. The normalized spacial score (nSPS) is 11.1. The lowest BCUT2D eigenvalue weighted by Crippen LogP contribution is -2.10. The van der Waals surface area contributed by atoms with Gasteiger partial charge in [0.15, 0.2) is 5.43 Å². The molecule has 4 nitrogen and oxygen atoms in total. The maximum absolute atomic E-state index is 11.9. The van der Waals surface area contributed by atoms with Crippen LogP contribution in [0.4, 0.5) is 0 Å². The van der Waals surface area contributed by atoms with Gasteiger partial charge in [0, 0.05) is 29.2 Å². The number of H-pyrrole nitrogens is 1. The molecule has 0 bridgehead atoms. The van der Waals surface area contributed by atoms with Crippen molar-refractivity contribution in [3.63, 3.8) is 0 Å². The molecule has 0 saturated carbocycles. The molecule has 0 aliphatic carbocycles. The Morgan fingerprint density at radius 3 is 2.76 bits per heavy atom. The number of aromatic amines is 1. The number of hydrogen-bond donors (Lipinski definition) is 2. The zero-order valence-corrected chi connectivity index (χ0v) is 9.99. The van der Waals surface area contributed by atoms with E-state index in [9.17, 15) is 4.79 Å². The molecule has 1 heterocycles. The van der Waals surface area contributed by atoms with E-state index in [4.69, 9.17) is 10.5 Å². The Labute approximate surface area is 99.4 Å². The number of hydrogen-bond acceptors (Lipinski definition) is 3. The first-order valence-corrected chi connectivity index (χ1v) is 5.63. The van der Waals surface area contributed by atoms with Crippen LogP contribution in [0.25, 0.3) is 10.9 Å². The second-order valence-corrected chi connectivity index (χ2v) is 4.24. The van der Waals surface area contributed by atoms with E-state index in [1.807, 2.05) is 26.0 Å². The average molecular weight is 232 g/mol. The van der Waals surface area contributed by atoms with Crippen LogP contribution in [0.2, 0.25) is 0 Å². The largest absolute Gasteiger partial charge is 0.491 e. The number of pyridine rings is 1. The standard InChI is InChI=1S/C13H16N2O2/c1-8(2)17-10-3-4-12-11(6-10)13(16)5-9(7-14)15-12/h3-6,8H,7,14H2,1-2H3,(H,15,16). The summed E-state index contributed by atoms with van der Waals surface area (Å²) in [6, 6.07) is 6.97. The van der Waals surface area contributed by atoms with Gasteiger partial charge in [-0.05, 0) is 32.0 Å². The molecule has 0 atom stereocenters. The lowest BCUT2D eigenvalue weighted by atomic mass is 10.2. The summed E-state index contributed by atoms with van der Waals surface area (Å²) in [4.78, 5) is 15.0. The molecule has 0 fully saturated rings. The second kappa shape index (κ2) is 4.59. The first-order valence-electron chi connectivity index (χ1n) is 5.63. The van der Waals surface area contributed by atoms with Crippen LogP contribution in [0.3, 0.4) is 0 Å². The van der Waals surface area contributed by atoms with Crippen LogP contribution in [-0.4, -0.2) is 11.1 Å². The summed E-state index contributed by atoms with van der Waals surface area (Å²) in [6.07, 6.45) is 0.0925. The van der Waals surface area contributed by atoms with Crippen molar-refractivity contribution >= 4 is 10.9 Å². The van der Waals surface area contributed by atoms with Crippen molar-refractivity contribution < 1.29 is 4.74 Å². The van der Waals surface area contributed by atoms with Gasteiger partial charge in [0.1, 0.15) is 5.75 Å². The fourth-order valence-electron chi connectivity index (χ4n) is 1.74. The summed E-state index contributed by atoms with van der Waals surface area (Å²) in [5, 5.41) is 0.625. The quantitative estimate of drug-likeness (QED) is 0.847. The zero-order valence-electron chi connectivity index (χ0n) is 9.99. The Bertz CT molecular complexity index is 587. The maximum atomic E-state index is 11.9. The lowest BCUT2D eigenvalue weighted by Gasteiger charge is -2.10. The molecule has 0 unspecified atom stereocenters. The summed E-state index contributed by atoms with van der Waals surface area (Å²) in [7, 11) is 0.